The molecule has 10 nitrogen and oxygen atoms in total. The van der Waals surface area contributed by atoms with Gasteiger partial charge in [0.2, 0.25) is 23.6 Å². The molecule has 0 N–H and O–H groups in total. The lowest BCUT2D eigenvalue weighted by atomic mass is 9.43. The summed E-state index contributed by atoms with van der Waals surface area (Å²) in [5.74, 6) is -6.84. The van der Waals surface area contributed by atoms with Gasteiger partial charge in [0.1, 0.15) is 11.5 Å². The second kappa shape index (κ2) is 10.4. The molecule has 0 spiro atoms. The summed E-state index contributed by atoms with van der Waals surface area (Å²) < 4.78 is 17.0. The first-order valence-corrected chi connectivity index (χ1v) is 14.7. The zero-order chi connectivity index (χ0) is 30.8. The molecule has 2 aliphatic heterocycles. The SMILES string of the molecule is CCOC(=O)C1=C(C)C2[C@@H]3C(=O)N(c4ccccc4OCC)C(=O)[C@H]3C1(C)[C@@H]1C(=O)N(c3ccccc3OCC)C(=O)[C@@H]21. The van der Waals surface area contributed by atoms with Crippen LogP contribution in [0.5, 0.6) is 11.5 Å². The standard InChI is InChI=1S/C33H34N2O8/c1-6-41-20-15-11-9-13-18(20)34-28(36)23-22-17(4)25(32(40)43-8-3)33(5,26(23)30(34)38)27-24(22)29(37)35(31(27)39)19-14-10-12-16-21(19)42-7-2/h9-16,22-24,26-27H,6-8H2,1-5H3/t22?,23-,24-,26-,27-,33?/m0/s1. The number of imide groups is 2. The Hall–Kier alpha value is -4.47. The maximum absolute atomic E-state index is 14.4. The van der Waals surface area contributed by atoms with Gasteiger partial charge in [0.25, 0.3) is 0 Å². The van der Waals surface area contributed by atoms with Crippen LogP contribution in [0, 0.1) is 35.0 Å². The van der Waals surface area contributed by atoms with Gasteiger partial charge in [-0.25, -0.2) is 14.6 Å². The minimum atomic E-state index is -1.50. The minimum Gasteiger partial charge on any atom is -0.492 e. The molecule has 2 aromatic rings. The fourth-order valence-corrected chi connectivity index (χ4v) is 8.12. The van der Waals surface area contributed by atoms with E-state index in [0.717, 1.165) is 9.80 Å². The molecule has 4 atom stereocenters. The second-order valence-corrected chi connectivity index (χ2v) is 11.4. The van der Waals surface area contributed by atoms with E-state index in [2.05, 4.69) is 0 Å². The number of para-hydroxylation sites is 4. The van der Waals surface area contributed by atoms with Crippen molar-refractivity contribution in [3.63, 3.8) is 0 Å². The molecule has 4 amide bonds. The monoisotopic (exact) mass is 586 g/mol. The lowest BCUT2D eigenvalue weighted by molar-refractivity contribution is -0.155. The third kappa shape index (κ3) is 3.74. The van der Waals surface area contributed by atoms with E-state index in [-0.39, 0.29) is 12.2 Å². The first kappa shape index (κ1) is 28.6. The lowest BCUT2D eigenvalue weighted by Crippen LogP contribution is -2.61. The number of carbonyl (C=O) groups excluding carboxylic acids is 5. The van der Waals surface area contributed by atoms with E-state index in [4.69, 9.17) is 14.2 Å². The fraction of sp³-hybridized carbons (Fsp3) is 0.424. The predicted molar refractivity (Wildman–Crippen MR) is 155 cm³/mol. The molecule has 5 aliphatic rings. The summed E-state index contributed by atoms with van der Waals surface area (Å²) in [6.45, 7) is 9.39. The number of rotatable bonds is 8. The zero-order valence-electron chi connectivity index (χ0n) is 24.8. The molecule has 2 saturated heterocycles. The molecular formula is C33H34N2O8. The van der Waals surface area contributed by atoms with E-state index in [1.807, 2.05) is 0 Å². The molecule has 3 aliphatic carbocycles. The number of hydrogen-bond acceptors (Lipinski definition) is 8. The smallest absolute Gasteiger partial charge is 0.334 e. The Morgan fingerprint density at radius 1 is 0.698 bits per heavy atom. The van der Waals surface area contributed by atoms with E-state index in [0.29, 0.717) is 41.7 Å². The molecule has 224 valence electrons. The highest BCUT2D eigenvalue weighted by Crippen LogP contribution is 2.69. The fourth-order valence-electron chi connectivity index (χ4n) is 8.12. The first-order valence-electron chi connectivity index (χ1n) is 14.7. The van der Waals surface area contributed by atoms with Gasteiger partial charge in [-0.1, -0.05) is 36.8 Å². The summed E-state index contributed by atoms with van der Waals surface area (Å²) >= 11 is 0. The molecule has 7 rings (SSSR count). The van der Waals surface area contributed by atoms with Crippen molar-refractivity contribution in [2.75, 3.05) is 29.6 Å². The van der Waals surface area contributed by atoms with Crippen LogP contribution in [0.3, 0.4) is 0 Å². The third-order valence-corrected chi connectivity index (χ3v) is 9.49. The third-order valence-electron chi connectivity index (χ3n) is 9.49. The van der Waals surface area contributed by atoms with Crippen LogP contribution in [0.25, 0.3) is 0 Å². The molecule has 2 bridgehead atoms. The summed E-state index contributed by atoms with van der Waals surface area (Å²) in [5.41, 5.74) is -0.205. The number of carbonyl (C=O) groups is 5. The topological polar surface area (TPSA) is 120 Å². The minimum absolute atomic E-state index is 0.0834. The van der Waals surface area contributed by atoms with E-state index in [1.165, 1.54) is 0 Å². The summed E-state index contributed by atoms with van der Waals surface area (Å²) in [6.07, 6.45) is 0. The highest BCUT2D eigenvalue weighted by Gasteiger charge is 2.77. The van der Waals surface area contributed by atoms with Crippen LogP contribution < -0.4 is 19.3 Å². The van der Waals surface area contributed by atoms with Crippen LogP contribution in [0.2, 0.25) is 0 Å². The van der Waals surface area contributed by atoms with Gasteiger partial charge in [0.15, 0.2) is 0 Å². The van der Waals surface area contributed by atoms with Crippen LogP contribution in [-0.2, 0) is 28.7 Å². The normalized spacial score (nSPS) is 29.3. The molecule has 2 aromatic carbocycles. The first-order chi connectivity index (χ1) is 20.6. The Labute approximate surface area is 249 Å². The van der Waals surface area contributed by atoms with Gasteiger partial charge in [-0.2, -0.15) is 0 Å². The van der Waals surface area contributed by atoms with E-state index in [1.54, 1.807) is 83.1 Å². The van der Waals surface area contributed by atoms with Gasteiger partial charge in [-0.15, -0.1) is 0 Å². The summed E-state index contributed by atoms with van der Waals surface area (Å²) in [7, 11) is 0. The Morgan fingerprint density at radius 3 is 1.56 bits per heavy atom. The summed E-state index contributed by atoms with van der Waals surface area (Å²) in [5, 5.41) is 0. The van der Waals surface area contributed by atoms with Crippen molar-refractivity contribution in [2.45, 2.75) is 34.6 Å². The van der Waals surface area contributed by atoms with Crippen molar-refractivity contribution in [3.8, 4) is 11.5 Å². The Kier molecular flexibility index (Phi) is 6.90. The Balaban J connectivity index is 1.54. The van der Waals surface area contributed by atoms with Crippen molar-refractivity contribution in [3.05, 3.63) is 59.7 Å². The molecule has 0 aromatic heterocycles. The zero-order valence-corrected chi connectivity index (χ0v) is 24.8. The Morgan fingerprint density at radius 2 is 1.14 bits per heavy atom. The van der Waals surface area contributed by atoms with E-state index < -0.39 is 64.6 Å². The van der Waals surface area contributed by atoms with Crippen LogP contribution in [0.15, 0.2) is 59.7 Å². The van der Waals surface area contributed by atoms with Crippen LogP contribution in [0.1, 0.15) is 34.6 Å². The molecule has 1 saturated carbocycles. The van der Waals surface area contributed by atoms with Gasteiger partial charge in [0.05, 0.1) is 54.9 Å². The molecule has 2 heterocycles. The maximum Gasteiger partial charge on any atom is 0.334 e. The lowest BCUT2D eigenvalue weighted by Gasteiger charge is -2.55. The van der Waals surface area contributed by atoms with Crippen molar-refractivity contribution in [2.24, 2.45) is 35.0 Å². The van der Waals surface area contributed by atoms with E-state index in [9.17, 15) is 24.0 Å². The largest absolute Gasteiger partial charge is 0.492 e. The highest BCUT2D eigenvalue weighted by molar-refractivity contribution is 6.28. The highest BCUT2D eigenvalue weighted by atomic mass is 16.5. The van der Waals surface area contributed by atoms with Crippen molar-refractivity contribution in [1.29, 1.82) is 0 Å². The number of nitrogens with zero attached hydrogens (tertiary/aromatic N) is 2. The van der Waals surface area contributed by atoms with Gasteiger partial charge < -0.3 is 14.2 Å². The number of amides is 4. The van der Waals surface area contributed by atoms with Gasteiger partial charge in [-0.05, 0) is 52.0 Å². The predicted octanol–water partition coefficient (Wildman–Crippen LogP) is 3.92. The number of benzene rings is 2. The maximum atomic E-state index is 14.4. The average molecular weight is 587 g/mol. The number of esters is 1. The molecule has 0 unspecified atom stereocenters. The van der Waals surface area contributed by atoms with Gasteiger partial charge in [0, 0.05) is 16.9 Å². The second-order valence-electron chi connectivity index (χ2n) is 11.4. The van der Waals surface area contributed by atoms with Gasteiger partial charge >= 0.3 is 5.97 Å². The molecular weight excluding hydrogens is 552 g/mol. The molecule has 43 heavy (non-hydrogen) atoms. The van der Waals surface area contributed by atoms with Crippen molar-refractivity contribution < 1.29 is 38.2 Å². The summed E-state index contributed by atoms with van der Waals surface area (Å²) in [4.78, 5) is 73.4. The number of hydrogen-bond donors (Lipinski definition) is 0. The van der Waals surface area contributed by atoms with Crippen LogP contribution in [-0.4, -0.2) is 49.4 Å². The Bertz CT molecular complexity index is 1500. The molecule has 3 fully saturated rings. The van der Waals surface area contributed by atoms with Crippen LogP contribution in [0.4, 0.5) is 11.4 Å². The van der Waals surface area contributed by atoms with Crippen molar-refractivity contribution in [1.82, 2.24) is 0 Å². The average Bonchev–Trinajstić information content (AvgIpc) is 3.40. The number of ether oxygens (including phenoxy) is 3. The van der Waals surface area contributed by atoms with Gasteiger partial charge in [-0.3, -0.25) is 19.2 Å². The van der Waals surface area contributed by atoms with Crippen molar-refractivity contribution >= 4 is 41.0 Å². The number of allylic oxidation sites excluding steroid dienone is 1. The van der Waals surface area contributed by atoms with E-state index >= 15 is 0 Å². The molecule has 10 heteroatoms. The quantitative estimate of drug-likeness (QED) is 0.337. The van der Waals surface area contributed by atoms with Crippen LogP contribution >= 0.6 is 0 Å². The molecule has 0 radical (unpaired) electrons. The summed E-state index contributed by atoms with van der Waals surface area (Å²) in [6, 6.07) is 13.6. The number of anilines is 2.